The summed E-state index contributed by atoms with van der Waals surface area (Å²) in [5.41, 5.74) is 2.27. The number of benzene rings is 2. The highest BCUT2D eigenvalue weighted by atomic mass is 19.1. The fourth-order valence-electron chi connectivity index (χ4n) is 4.59. The van der Waals surface area contributed by atoms with E-state index in [0.29, 0.717) is 11.6 Å². The summed E-state index contributed by atoms with van der Waals surface area (Å²) in [6, 6.07) is 14.8. The second-order valence-corrected chi connectivity index (χ2v) is 8.43. The van der Waals surface area contributed by atoms with Crippen molar-refractivity contribution in [1.29, 1.82) is 0 Å². The van der Waals surface area contributed by atoms with E-state index in [1.807, 2.05) is 30.3 Å². The van der Waals surface area contributed by atoms with Gasteiger partial charge >= 0.3 is 0 Å². The fourth-order valence-corrected chi connectivity index (χ4v) is 4.59. The van der Waals surface area contributed by atoms with Crippen LogP contribution in [0.4, 0.5) is 4.39 Å². The van der Waals surface area contributed by atoms with Gasteiger partial charge in [0.2, 0.25) is 0 Å². The highest BCUT2D eigenvalue weighted by Crippen LogP contribution is 2.23. The SMILES string of the molecule is CN1CCC(N2CCCC(NC(=O)c3cccc(-c4cccc(F)c4)c3)C2)CC1. The van der Waals surface area contributed by atoms with Gasteiger partial charge in [-0.2, -0.15) is 0 Å². The Kier molecular flexibility index (Phi) is 6.26. The van der Waals surface area contributed by atoms with Crippen LogP contribution in [0.1, 0.15) is 36.0 Å². The molecular weight excluding hydrogens is 365 g/mol. The molecule has 154 valence electrons. The van der Waals surface area contributed by atoms with Crippen molar-refractivity contribution in [1.82, 2.24) is 15.1 Å². The van der Waals surface area contributed by atoms with E-state index >= 15 is 0 Å². The molecule has 0 bridgehead atoms. The Bertz CT molecular complexity index is 848. The molecule has 0 aliphatic carbocycles. The van der Waals surface area contributed by atoms with Crippen molar-refractivity contribution in [3.05, 3.63) is 59.9 Å². The maximum Gasteiger partial charge on any atom is 0.251 e. The molecule has 2 aliphatic rings. The summed E-state index contributed by atoms with van der Waals surface area (Å²) in [4.78, 5) is 17.8. The molecule has 29 heavy (non-hydrogen) atoms. The van der Waals surface area contributed by atoms with Gasteiger partial charge in [-0.15, -0.1) is 0 Å². The van der Waals surface area contributed by atoms with Gasteiger partial charge in [0.25, 0.3) is 5.91 Å². The average Bonchev–Trinajstić information content (AvgIpc) is 2.74. The number of likely N-dealkylation sites (tertiary alicyclic amines) is 2. The maximum atomic E-state index is 13.5. The van der Waals surface area contributed by atoms with Crippen LogP contribution >= 0.6 is 0 Å². The van der Waals surface area contributed by atoms with Crippen molar-refractivity contribution in [3.8, 4) is 11.1 Å². The van der Waals surface area contributed by atoms with Crippen LogP contribution in [-0.4, -0.2) is 61.0 Å². The topological polar surface area (TPSA) is 35.6 Å². The lowest BCUT2D eigenvalue weighted by Gasteiger charge is -2.41. The second kappa shape index (κ2) is 9.06. The van der Waals surface area contributed by atoms with Gasteiger partial charge in [-0.3, -0.25) is 9.69 Å². The van der Waals surface area contributed by atoms with E-state index in [1.54, 1.807) is 6.07 Å². The fraction of sp³-hybridized carbons (Fsp3) is 0.458. The number of nitrogens with one attached hydrogen (secondary N) is 1. The van der Waals surface area contributed by atoms with E-state index in [-0.39, 0.29) is 17.8 Å². The van der Waals surface area contributed by atoms with Crippen molar-refractivity contribution < 1.29 is 9.18 Å². The first kappa shape index (κ1) is 20.0. The predicted octanol–water partition coefficient (Wildman–Crippen LogP) is 3.78. The number of amides is 1. The minimum atomic E-state index is -0.270. The Labute approximate surface area is 172 Å². The minimum Gasteiger partial charge on any atom is -0.348 e. The molecular formula is C24H30FN3O. The van der Waals surface area contributed by atoms with Gasteiger partial charge < -0.3 is 10.2 Å². The Morgan fingerprint density at radius 2 is 1.72 bits per heavy atom. The largest absolute Gasteiger partial charge is 0.348 e. The molecule has 0 aromatic heterocycles. The van der Waals surface area contributed by atoms with Crippen LogP contribution in [0.2, 0.25) is 0 Å². The lowest BCUT2D eigenvalue weighted by atomic mass is 9.97. The molecule has 0 saturated carbocycles. The number of nitrogens with zero attached hydrogens (tertiary/aromatic N) is 2. The van der Waals surface area contributed by atoms with Crippen LogP contribution in [0.25, 0.3) is 11.1 Å². The van der Waals surface area contributed by atoms with E-state index in [4.69, 9.17) is 0 Å². The predicted molar refractivity (Wildman–Crippen MR) is 114 cm³/mol. The molecule has 1 unspecified atom stereocenters. The van der Waals surface area contributed by atoms with Gasteiger partial charge in [0.05, 0.1) is 0 Å². The third-order valence-corrected chi connectivity index (χ3v) is 6.28. The molecule has 2 aromatic rings. The molecule has 1 amide bonds. The van der Waals surface area contributed by atoms with Gasteiger partial charge in [0, 0.05) is 24.2 Å². The lowest BCUT2D eigenvalue weighted by Crippen LogP contribution is -2.53. The van der Waals surface area contributed by atoms with Crippen LogP contribution in [0.15, 0.2) is 48.5 Å². The zero-order chi connectivity index (χ0) is 20.2. The van der Waals surface area contributed by atoms with E-state index < -0.39 is 0 Å². The minimum absolute atomic E-state index is 0.0431. The normalized spacial score (nSPS) is 21.8. The van der Waals surface area contributed by atoms with E-state index in [0.717, 1.165) is 50.1 Å². The summed E-state index contributed by atoms with van der Waals surface area (Å²) >= 11 is 0. The number of hydrogen-bond acceptors (Lipinski definition) is 3. The summed E-state index contributed by atoms with van der Waals surface area (Å²) in [7, 11) is 2.19. The Morgan fingerprint density at radius 3 is 2.48 bits per heavy atom. The van der Waals surface area contributed by atoms with Crippen LogP contribution in [0.5, 0.6) is 0 Å². The van der Waals surface area contributed by atoms with Crippen LogP contribution in [0, 0.1) is 5.82 Å². The van der Waals surface area contributed by atoms with Gasteiger partial charge in [0.1, 0.15) is 5.82 Å². The smallest absolute Gasteiger partial charge is 0.251 e. The number of carbonyl (C=O) groups is 1. The first-order chi connectivity index (χ1) is 14.1. The monoisotopic (exact) mass is 395 g/mol. The molecule has 4 nitrogen and oxygen atoms in total. The van der Waals surface area contributed by atoms with Crippen LogP contribution in [-0.2, 0) is 0 Å². The van der Waals surface area contributed by atoms with Crippen molar-refractivity contribution in [3.63, 3.8) is 0 Å². The van der Waals surface area contributed by atoms with Crippen molar-refractivity contribution in [2.75, 3.05) is 33.2 Å². The molecule has 2 saturated heterocycles. The Balaban J connectivity index is 1.39. The molecule has 2 fully saturated rings. The van der Waals surface area contributed by atoms with Gasteiger partial charge in [-0.1, -0.05) is 24.3 Å². The Morgan fingerprint density at radius 1 is 1.00 bits per heavy atom. The maximum absolute atomic E-state index is 13.5. The van der Waals surface area contributed by atoms with Crippen molar-refractivity contribution >= 4 is 5.91 Å². The molecule has 1 N–H and O–H groups in total. The van der Waals surface area contributed by atoms with E-state index in [9.17, 15) is 9.18 Å². The van der Waals surface area contributed by atoms with E-state index in [1.165, 1.54) is 25.0 Å². The summed E-state index contributed by atoms with van der Waals surface area (Å²) in [5, 5.41) is 3.24. The number of piperidine rings is 2. The van der Waals surface area contributed by atoms with Crippen LogP contribution in [0.3, 0.4) is 0 Å². The molecule has 4 rings (SSSR count). The first-order valence-electron chi connectivity index (χ1n) is 10.7. The average molecular weight is 396 g/mol. The number of halogens is 1. The van der Waals surface area contributed by atoms with E-state index in [2.05, 4.69) is 22.2 Å². The molecule has 2 heterocycles. The summed E-state index contributed by atoms with van der Waals surface area (Å²) in [6.07, 6.45) is 4.58. The summed E-state index contributed by atoms with van der Waals surface area (Å²) < 4.78 is 13.5. The quantitative estimate of drug-likeness (QED) is 0.856. The van der Waals surface area contributed by atoms with Gasteiger partial charge in [0.15, 0.2) is 0 Å². The molecule has 0 spiro atoms. The highest BCUT2D eigenvalue weighted by molar-refractivity contribution is 5.95. The zero-order valence-electron chi connectivity index (χ0n) is 17.1. The molecule has 2 aromatic carbocycles. The lowest BCUT2D eigenvalue weighted by molar-refractivity contribution is 0.0766. The Hall–Kier alpha value is -2.24. The molecule has 5 heteroatoms. The van der Waals surface area contributed by atoms with Gasteiger partial charge in [-0.05, 0) is 87.8 Å². The third-order valence-electron chi connectivity index (χ3n) is 6.28. The molecule has 0 radical (unpaired) electrons. The second-order valence-electron chi connectivity index (χ2n) is 8.43. The van der Waals surface area contributed by atoms with Crippen molar-refractivity contribution in [2.24, 2.45) is 0 Å². The zero-order valence-corrected chi connectivity index (χ0v) is 17.1. The summed E-state index contributed by atoms with van der Waals surface area (Å²) in [6.45, 7) is 4.38. The number of rotatable bonds is 4. The summed E-state index contributed by atoms with van der Waals surface area (Å²) in [5.74, 6) is -0.313. The molecule has 1 atom stereocenters. The first-order valence-corrected chi connectivity index (χ1v) is 10.7. The van der Waals surface area contributed by atoms with Crippen LogP contribution < -0.4 is 5.32 Å². The third kappa shape index (κ3) is 5.03. The molecule has 2 aliphatic heterocycles. The standard InChI is InChI=1S/C24H30FN3O/c1-27-13-10-23(11-14-27)28-12-4-9-22(17-28)26-24(29)20-7-2-5-18(15-20)19-6-3-8-21(25)16-19/h2-3,5-8,15-16,22-23H,4,9-14,17H2,1H3,(H,26,29). The number of hydrogen-bond donors (Lipinski definition) is 1. The number of carbonyl (C=O) groups excluding carboxylic acids is 1. The van der Waals surface area contributed by atoms with Crippen molar-refractivity contribution in [2.45, 2.75) is 37.8 Å². The highest BCUT2D eigenvalue weighted by Gasteiger charge is 2.28. The van der Waals surface area contributed by atoms with Gasteiger partial charge in [-0.25, -0.2) is 4.39 Å².